The Morgan fingerprint density at radius 1 is 1.03 bits per heavy atom. The number of rotatable bonds is 5. The second-order valence-electron chi connectivity index (χ2n) is 8.98. The maximum Gasteiger partial charge on any atom is 0.323 e. The Morgan fingerprint density at radius 3 is 2.72 bits per heavy atom. The van der Waals surface area contributed by atoms with E-state index in [0.29, 0.717) is 33.9 Å². The summed E-state index contributed by atoms with van der Waals surface area (Å²) in [5.41, 5.74) is 9.07. The van der Waals surface area contributed by atoms with Crippen molar-refractivity contribution >= 4 is 61.5 Å². The predicted molar refractivity (Wildman–Crippen MR) is 144 cm³/mol. The molecule has 1 fully saturated rings. The van der Waals surface area contributed by atoms with Crippen LogP contribution in [0.15, 0.2) is 66.4 Å². The van der Waals surface area contributed by atoms with Gasteiger partial charge in [-0.3, -0.25) is 4.79 Å². The second-order valence-corrected chi connectivity index (χ2v) is 9.89. The number of hydrogen-bond acceptors (Lipinski definition) is 6. The van der Waals surface area contributed by atoms with Crippen LogP contribution in [0.25, 0.3) is 21.1 Å². The molecule has 0 aliphatic heterocycles. The molecule has 1 aliphatic rings. The Bertz CT molecular complexity index is 1620. The minimum absolute atomic E-state index is 0.189. The standard InChI is InChI=1S/C27H24N6O2S/c28-25-23-20(13-33(18-8-1-2-9-18)26(23)30-15-29-25)24(34)16-6-5-7-17(12-16)31-27(35)32-21-14-36-22-11-4-3-10-19(21)22/h3-7,10-15,18H,1-2,8-9H2,(H2,28,29,30)(H2,31,32,35). The number of nitrogens with zero attached hydrogens (tertiary/aromatic N) is 3. The van der Waals surface area contributed by atoms with E-state index in [1.807, 2.05) is 35.8 Å². The molecule has 0 radical (unpaired) electrons. The van der Waals surface area contributed by atoms with Crippen LogP contribution in [0.4, 0.5) is 22.0 Å². The van der Waals surface area contributed by atoms with Gasteiger partial charge in [0.25, 0.3) is 0 Å². The van der Waals surface area contributed by atoms with E-state index in [9.17, 15) is 9.59 Å². The molecule has 0 bridgehead atoms. The van der Waals surface area contributed by atoms with E-state index >= 15 is 0 Å². The van der Waals surface area contributed by atoms with Crippen LogP contribution >= 0.6 is 11.3 Å². The maximum absolute atomic E-state index is 13.6. The van der Waals surface area contributed by atoms with Crippen molar-refractivity contribution in [2.24, 2.45) is 0 Å². The molecule has 4 N–H and O–H groups in total. The summed E-state index contributed by atoms with van der Waals surface area (Å²) in [6.45, 7) is 0. The number of fused-ring (bicyclic) bond motifs is 2. The van der Waals surface area contributed by atoms with Crippen molar-refractivity contribution in [2.75, 3.05) is 16.4 Å². The zero-order valence-electron chi connectivity index (χ0n) is 19.4. The van der Waals surface area contributed by atoms with Gasteiger partial charge >= 0.3 is 6.03 Å². The van der Waals surface area contributed by atoms with Gasteiger partial charge in [0.1, 0.15) is 17.8 Å². The van der Waals surface area contributed by atoms with Gasteiger partial charge in [-0.25, -0.2) is 14.8 Å². The molecule has 36 heavy (non-hydrogen) atoms. The molecule has 1 saturated carbocycles. The first kappa shape index (κ1) is 22.2. The highest BCUT2D eigenvalue weighted by Crippen LogP contribution is 2.36. The molecule has 180 valence electrons. The summed E-state index contributed by atoms with van der Waals surface area (Å²) >= 11 is 1.57. The number of nitrogen functional groups attached to an aromatic ring is 1. The zero-order valence-corrected chi connectivity index (χ0v) is 20.2. The molecular weight excluding hydrogens is 472 g/mol. The van der Waals surface area contributed by atoms with E-state index in [1.54, 1.807) is 35.6 Å². The van der Waals surface area contributed by atoms with Crippen molar-refractivity contribution in [1.82, 2.24) is 14.5 Å². The largest absolute Gasteiger partial charge is 0.383 e. The van der Waals surface area contributed by atoms with Crippen molar-refractivity contribution in [1.29, 1.82) is 0 Å². The van der Waals surface area contributed by atoms with Gasteiger partial charge in [-0.15, -0.1) is 11.3 Å². The molecular formula is C27H24N6O2S. The molecule has 2 aromatic carbocycles. The Kier molecular flexibility index (Phi) is 5.61. The first-order valence-electron chi connectivity index (χ1n) is 11.9. The average Bonchev–Trinajstić information content (AvgIpc) is 3.63. The van der Waals surface area contributed by atoms with Crippen LogP contribution < -0.4 is 16.4 Å². The maximum atomic E-state index is 13.6. The zero-order chi connectivity index (χ0) is 24.6. The fourth-order valence-corrected chi connectivity index (χ4v) is 5.89. The Balaban J connectivity index is 1.27. The minimum Gasteiger partial charge on any atom is -0.383 e. The normalized spacial score (nSPS) is 13.9. The van der Waals surface area contributed by atoms with Crippen LogP contribution in [0.1, 0.15) is 47.6 Å². The molecule has 0 unspecified atom stereocenters. The topological polar surface area (TPSA) is 115 Å². The summed E-state index contributed by atoms with van der Waals surface area (Å²) in [4.78, 5) is 34.9. The summed E-state index contributed by atoms with van der Waals surface area (Å²) in [5, 5.41) is 9.22. The molecule has 2 amide bonds. The van der Waals surface area contributed by atoms with Crippen LogP contribution in [0.3, 0.4) is 0 Å². The monoisotopic (exact) mass is 496 g/mol. The van der Waals surface area contributed by atoms with Gasteiger partial charge in [0, 0.05) is 39.0 Å². The Morgan fingerprint density at radius 2 is 1.86 bits per heavy atom. The summed E-state index contributed by atoms with van der Waals surface area (Å²) in [6.07, 6.45) is 7.72. The molecule has 1 aliphatic carbocycles. The molecule has 6 rings (SSSR count). The van der Waals surface area contributed by atoms with Gasteiger partial charge in [-0.05, 0) is 31.0 Å². The van der Waals surface area contributed by atoms with Crippen LogP contribution in [0, 0.1) is 0 Å². The summed E-state index contributed by atoms with van der Waals surface area (Å²) in [5.74, 6) is 0.0999. The smallest absolute Gasteiger partial charge is 0.323 e. The number of anilines is 3. The molecule has 0 saturated heterocycles. The number of carbonyl (C=O) groups is 2. The number of aromatic nitrogens is 3. The van der Waals surface area contributed by atoms with Gasteiger partial charge in [-0.1, -0.05) is 43.2 Å². The van der Waals surface area contributed by atoms with Crippen LogP contribution in [-0.4, -0.2) is 26.3 Å². The highest BCUT2D eigenvalue weighted by Gasteiger charge is 2.25. The van der Waals surface area contributed by atoms with Crippen LogP contribution in [-0.2, 0) is 0 Å². The average molecular weight is 497 g/mol. The number of ketones is 1. The second kappa shape index (κ2) is 9.09. The van der Waals surface area contributed by atoms with E-state index in [0.717, 1.165) is 41.5 Å². The van der Waals surface area contributed by atoms with Crippen molar-refractivity contribution in [3.05, 3.63) is 77.6 Å². The fourth-order valence-electron chi connectivity index (χ4n) is 4.99. The molecule has 3 aromatic heterocycles. The molecule has 0 atom stereocenters. The van der Waals surface area contributed by atoms with E-state index in [1.165, 1.54) is 6.33 Å². The molecule has 5 aromatic rings. The molecule has 9 heteroatoms. The third kappa shape index (κ3) is 3.97. The van der Waals surface area contributed by atoms with Crippen molar-refractivity contribution in [3.8, 4) is 0 Å². The third-order valence-corrected chi connectivity index (χ3v) is 7.68. The summed E-state index contributed by atoms with van der Waals surface area (Å²) in [7, 11) is 0. The van der Waals surface area contributed by atoms with Crippen LogP contribution in [0.2, 0.25) is 0 Å². The molecule has 8 nitrogen and oxygen atoms in total. The lowest BCUT2D eigenvalue weighted by Gasteiger charge is -2.12. The molecule has 0 spiro atoms. The lowest BCUT2D eigenvalue weighted by Crippen LogP contribution is -2.19. The lowest BCUT2D eigenvalue weighted by molar-refractivity contribution is 0.104. The fraction of sp³-hybridized carbons (Fsp3) is 0.185. The van der Waals surface area contributed by atoms with Gasteiger partial charge in [0.05, 0.1) is 16.6 Å². The first-order valence-corrected chi connectivity index (χ1v) is 12.8. The van der Waals surface area contributed by atoms with Crippen LogP contribution in [0.5, 0.6) is 0 Å². The highest BCUT2D eigenvalue weighted by molar-refractivity contribution is 7.17. The molecule has 3 heterocycles. The Labute approximate surface area is 211 Å². The lowest BCUT2D eigenvalue weighted by atomic mass is 10.0. The first-order chi connectivity index (χ1) is 17.6. The van der Waals surface area contributed by atoms with Gasteiger partial charge in [0.2, 0.25) is 0 Å². The van der Waals surface area contributed by atoms with Crippen molar-refractivity contribution < 1.29 is 9.59 Å². The van der Waals surface area contributed by atoms with Gasteiger partial charge < -0.3 is 20.9 Å². The van der Waals surface area contributed by atoms with E-state index < -0.39 is 0 Å². The predicted octanol–water partition coefficient (Wildman–Crippen LogP) is 6.22. The quantitative estimate of drug-likeness (QED) is 0.250. The van der Waals surface area contributed by atoms with E-state index in [4.69, 9.17) is 5.73 Å². The Hall–Kier alpha value is -4.24. The number of carbonyl (C=O) groups excluding carboxylic acids is 2. The number of amides is 2. The number of benzene rings is 2. The van der Waals surface area contributed by atoms with E-state index in [-0.39, 0.29) is 17.6 Å². The van der Waals surface area contributed by atoms with Crippen molar-refractivity contribution in [2.45, 2.75) is 31.7 Å². The van der Waals surface area contributed by atoms with E-state index in [2.05, 4.69) is 25.2 Å². The third-order valence-electron chi connectivity index (χ3n) is 6.71. The number of nitrogens with one attached hydrogen (secondary N) is 2. The highest BCUT2D eigenvalue weighted by atomic mass is 32.1. The SMILES string of the molecule is Nc1ncnc2c1c(C(=O)c1cccc(NC(=O)Nc3csc4ccccc34)c1)cn2C1CCCC1. The number of nitrogens with two attached hydrogens (primary N) is 1. The summed E-state index contributed by atoms with van der Waals surface area (Å²) in [6, 6.07) is 14.7. The van der Waals surface area contributed by atoms with Crippen molar-refractivity contribution in [3.63, 3.8) is 0 Å². The number of urea groups is 1. The number of hydrogen-bond donors (Lipinski definition) is 3. The van der Waals surface area contributed by atoms with Gasteiger partial charge in [-0.2, -0.15) is 0 Å². The van der Waals surface area contributed by atoms with Gasteiger partial charge in [0.15, 0.2) is 5.78 Å². The summed E-state index contributed by atoms with van der Waals surface area (Å²) < 4.78 is 3.18. The number of thiophene rings is 1. The minimum atomic E-state index is -0.376.